The van der Waals surface area contributed by atoms with Crippen LogP contribution in [0.15, 0.2) is 16.7 Å². The summed E-state index contributed by atoms with van der Waals surface area (Å²) in [7, 11) is 1.53. The Kier molecular flexibility index (Phi) is 5.28. The van der Waals surface area contributed by atoms with Gasteiger partial charge in [-0.05, 0) is 25.1 Å². The Hall–Kier alpha value is -2.48. The van der Waals surface area contributed by atoms with Crippen LogP contribution in [0.3, 0.4) is 0 Å². The fourth-order valence-corrected chi connectivity index (χ4v) is 2.86. The van der Waals surface area contributed by atoms with Crippen LogP contribution in [-0.2, 0) is 16.0 Å². The predicted octanol–water partition coefficient (Wildman–Crippen LogP) is 1.62. The van der Waals surface area contributed by atoms with Crippen molar-refractivity contribution in [1.29, 1.82) is 0 Å². The Morgan fingerprint density at radius 3 is 2.92 bits per heavy atom. The summed E-state index contributed by atoms with van der Waals surface area (Å²) in [5, 5.41) is 3.74. The van der Waals surface area contributed by atoms with Crippen molar-refractivity contribution in [1.82, 2.24) is 20.0 Å². The molecule has 0 spiro atoms. The number of carbonyl (C=O) groups is 1. The quantitative estimate of drug-likeness (QED) is 0.812. The van der Waals surface area contributed by atoms with Gasteiger partial charge in [0.2, 0.25) is 5.91 Å². The van der Waals surface area contributed by atoms with Gasteiger partial charge in [0.25, 0.3) is 5.88 Å². The minimum absolute atomic E-state index is 0.0613. The second-order valence-corrected chi connectivity index (χ2v) is 6.02. The zero-order valence-electron chi connectivity index (χ0n) is 14.7. The molecule has 8 nitrogen and oxygen atoms in total. The first-order valence-corrected chi connectivity index (χ1v) is 8.26. The maximum Gasteiger partial charge on any atom is 0.254 e. The summed E-state index contributed by atoms with van der Waals surface area (Å²) >= 11 is 0. The molecule has 1 atom stereocenters. The van der Waals surface area contributed by atoms with E-state index in [-0.39, 0.29) is 12.0 Å². The van der Waals surface area contributed by atoms with E-state index < -0.39 is 0 Å². The van der Waals surface area contributed by atoms with Crippen LogP contribution in [0.5, 0.6) is 5.88 Å². The van der Waals surface area contributed by atoms with E-state index in [1.54, 1.807) is 6.07 Å². The molecule has 8 heteroatoms. The van der Waals surface area contributed by atoms with Crippen molar-refractivity contribution in [2.75, 3.05) is 26.8 Å². The summed E-state index contributed by atoms with van der Waals surface area (Å²) in [6.45, 7) is 5.35. The molecule has 0 aliphatic carbocycles. The zero-order chi connectivity index (χ0) is 17.8. The second-order valence-electron chi connectivity index (χ2n) is 6.02. The highest BCUT2D eigenvalue weighted by molar-refractivity contribution is 5.76. The van der Waals surface area contributed by atoms with Crippen molar-refractivity contribution < 1.29 is 18.8 Å². The molecular formula is C17H22N4O4. The Bertz CT molecular complexity index is 726. The van der Waals surface area contributed by atoms with Gasteiger partial charge in [-0.15, -0.1) is 0 Å². The number of aromatic nitrogens is 3. The number of amides is 1. The molecule has 1 fully saturated rings. The number of methoxy groups -OCH3 is 1. The fourth-order valence-electron chi connectivity index (χ4n) is 2.86. The maximum absolute atomic E-state index is 12.5. The van der Waals surface area contributed by atoms with E-state index in [4.69, 9.17) is 14.0 Å². The third-order valence-corrected chi connectivity index (χ3v) is 4.07. The number of morpholine rings is 1. The highest BCUT2D eigenvalue weighted by Gasteiger charge is 2.26. The van der Waals surface area contributed by atoms with Gasteiger partial charge in [-0.2, -0.15) is 0 Å². The zero-order valence-corrected chi connectivity index (χ0v) is 14.7. The first kappa shape index (κ1) is 17.3. The molecular weight excluding hydrogens is 324 g/mol. The Morgan fingerprint density at radius 2 is 2.20 bits per heavy atom. The molecule has 0 radical (unpaired) electrons. The maximum atomic E-state index is 12.5. The Morgan fingerprint density at radius 1 is 1.36 bits per heavy atom. The first-order chi connectivity index (χ1) is 12.0. The number of aryl methyl sites for hydroxylation is 3. The number of hydrogen-bond acceptors (Lipinski definition) is 7. The number of carbonyl (C=O) groups excluding carboxylic acids is 1. The lowest BCUT2D eigenvalue weighted by molar-refractivity contribution is -0.139. The number of nitrogens with zero attached hydrogens (tertiary/aromatic N) is 4. The summed E-state index contributed by atoms with van der Waals surface area (Å²) in [4.78, 5) is 23.0. The van der Waals surface area contributed by atoms with Crippen LogP contribution in [0.2, 0.25) is 0 Å². The minimum atomic E-state index is -0.219. The van der Waals surface area contributed by atoms with Gasteiger partial charge in [0.1, 0.15) is 17.7 Å². The van der Waals surface area contributed by atoms with Crippen molar-refractivity contribution in [3.8, 4) is 5.88 Å². The van der Waals surface area contributed by atoms with Crippen LogP contribution in [0.4, 0.5) is 0 Å². The lowest BCUT2D eigenvalue weighted by atomic mass is 10.1. The molecule has 1 aliphatic rings. The second kappa shape index (κ2) is 7.60. The van der Waals surface area contributed by atoms with Gasteiger partial charge >= 0.3 is 0 Å². The molecule has 134 valence electrons. The summed E-state index contributed by atoms with van der Waals surface area (Å²) in [5.41, 5.74) is 1.72. The van der Waals surface area contributed by atoms with E-state index in [1.165, 1.54) is 7.11 Å². The molecule has 0 saturated carbocycles. The van der Waals surface area contributed by atoms with Crippen molar-refractivity contribution >= 4 is 5.91 Å². The van der Waals surface area contributed by atoms with Crippen LogP contribution in [-0.4, -0.2) is 52.7 Å². The molecule has 0 N–H and O–H groups in total. The molecule has 2 aromatic heterocycles. The topological polar surface area (TPSA) is 90.6 Å². The number of rotatable bonds is 5. The van der Waals surface area contributed by atoms with Gasteiger partial charge in [0.05, 0.1) is 26.0 Å². The molecule has 2 aromatic rings. The largest absolute Gasteiger partial charge is 0.479 e. The molecule has 3 rings (SSSR count). The summed E-state index contributed by atoms with van der Waals surface area (Å²) in [6, 6.07) is 3.61. The van der Waals surface area contributed by atoms with Crippen molar-refractivity contribution in [3.05, 3.63) is 35.1 Å². The van der Waals surface area contributed by atoms with Crippen LogP contribution >= 0.6 is 0 Å². The molecule has 25 heavy (non-hydrogen) atoms. The number of hydrogen-bond donors (Lipinski definition) is 0. The van der Waals surface area contributed by atoms with Gasteiger partial charge < -0.3 is 18.9 Å². The van der Waals surface area contributed by atoms with Crippen LogP contribution < -0.4 is 4.74 Å². The highest BCUT2D eigenvalue weighted by atomic mass is 16.5. The van der Waals surface area contributed by atoms with Gasteiger partial charge in [-0.25, -0.2) is 9.97 Å². The average Bonchev–Trinajstić information content (AvgIpc) is 3.07. The Balaban J connectivity index is 1.59. The summed E-state index contributed by atoms with van der Waals surface area (Å²) in [5.74, 6) is 1.83. The molecule has 1 saturated heterocycles. The summed E-state index contributed by atoms with van der Waals surface area (Å²) in [6.07, 6.45) is 0.624. The van der Waals surface area contributed by atoms with Gasteiger partial charge in [-0.1, -0.05) is 0 Å². The highest BCUT2D eigenvalue weighted by Crippen LogP contribution is 2.22. The van der Waals surface area contributed by atoms with E-state index >= 15 is 0 Å². The number of ether oxygens (including phenoxy) is 2. The smallest absolute Gasteiger partial charge is 0.254 e. The van der Waals surface area contributed by atoms with Crippen molar-refractivity contribution in [2.45, 2.75) is 32.8 Å². The van der Waals surface area contributed by atoms with Gasteiger partial charge in [-0.3, -0.25) is 4.79 Å². The van der Waals surface area contributed by atoms with Crippen LogP contribution in [0.1, 0.15) is 35.5 Å². The van der Waals surface area contributed by atoms with E-state index in [0.717, 1.165) is 11.4 Å². The lowest BCUT2D eigenvalue weighted by Crippen LogP contribution is -2.42. The molecule has 1 amide bonds. The van der Waals surface area contributed by atoms with E-state index in [2.05, 4.69) is 15.1 Å². The molecule has 0 unspecified atom stereocenters. The molecule has 0 bridgehead atoms. The van der Waals surface area contributed by atoms with Crippen molar-refractivity contribution in [3.63, 3.8) is 0 Å². The standard InChI is InChI=1S/C17H22N4O4/c1-11-8-14(19-12(2)18-11)15-10-21(6-7-24-15)17(22)5-4-13-9-16(23-3)20-25-13/h8-9,15H,4-7,10H2,1-3H3/t15-/m1/s1. The minimum Gasteiger partial charge on any atom is -0.479 e. The summed E-state index contributed by atoms with van der Waals surface area (Å²) < 4.78 is 15.9. The normalized spacial score (nSPS) is 17.6. The monoisotopic (exact) mass is 346 g/mol. The van der Waals surface area contributed by atoms with Gasteiger partial charge in [0, 0.05) is 31.1 Å². The molecule has 1 aliphatic heterocycles. The van der Waals surface area contributed by atoms with E-state index in [1.807, 2.05) is 24.8 Å². The Labute approximate surface area is 146 Å². The third-order valence-electron chi connectivity index (χ3n) is 4.07. The van der Waals surface area contributed by atoms with Crippen LogP contribution in [0, 0.1) is 13.8 Å². The van der Waals surface area contributed by atoms with Crippen LogP contribution in [0.25, 0.3) is 0 Å². The molecule has 0 aromatic carbocycles. The third kappa shape index (κ3) is 4.33. The SMILES string of the molecule is COc1cc(CCC(=O)N2CCO[C@@H](c3cc(C)nc(C)n3)C2)on1. The van der Waals surface area contributed by atoms with Crippen molar-refractivity contribution in [2.24, 2.45) is 0 Å². The molecule has 3 heterocycles. The van der Waals surface area contributed by atoms with Gasteiger partial charge in [0.15, 0.2) is 0 Å². The predicted molar refractivity (Wildman–Crippen MR) is 88.2 cm³/mol. The average molecular weight is 346 g/mol. The lowest BCUT2D eigenvalue weighted by Gasteiger charge is -2.32. The first-order valence-electron chi connectivity index (χ1n) is 8.26. The fraction of sp³-hybridized carbons (Fsp3) is 0.529. The van der Waals surface area contributed by atoms with E-state index in [9.17, 15) is 4.79 Å². The van der Waals surface area contributed by atoms with E-state index in [0.29, 0.717) is 50.0 Å².